The lowest BCUT2D eigenvalue weighted by molar-refractivity contribution is 0.0957. The number of hydrogen-bond donors (Lipinski definition) is 3. The van der Waals surface area contributed by atoms with Gasteiger partial charge in [0.05, 0.1) is 0 Å². The fraction of sp³-hybridized carbons (Fsp3) is 0.0667. The Balaban J connectivity index is 1.24. The second kappa shape index (κ2) is 11.7. The zero-order valence-electron chi connectivity index (χ0n) is 21.6. The lowest BCUT2D eigenvalue weighted by Gasteiger charge is -2.09. The maximum Gasteiger partial charge on any atom is 0.269 e. The SMILES string of the molecule is CNC(=O)c1cc(Oc2ccc(NC(=O)c3ccc(C)c(C#Cc4ccc(-c5nc[nH]n5)nc4)c3)cc2)ccn1. The summed E-state index contributed by atoms with van der Waals surface area (Å²) in [7, 11) is 1.54. The first-order valence-corrected chi connectivity index (χ1v) is 12.2. The summed E-state index contributed by atoms with van der Waals surface area (Å²) in [5, 5.41) is 12.1. The second-order valence-electron chi connectivity index (χ2n) is 8.57. The second-order valence-corrected chi connectivity index (χ2v) is 8.57. The topological polar surface area (TPSA) is 135 Å². The van der Waals surface area contributed by atoms with Crippen LogP contribution in [0.3, 0.4) is 0 Å². The number of carbonyl (C=O) groups is 2. The zero-order valence-corrected chi connectivity index (χ0v) is 21.6. The molecule has 0 atom stereocenters. The summed E-state index contributed by atoms with van der Waals surface area (Å²) >= 11 is 0. The lowest BCUT2D eigenvalue weighted by Crippen LogP contribution is -2.18. The number of H-pyrrole nitrogens is 1. The van der Waals surface area contributed by atoms with E-state index in [0.717, 1.165) is 16.7 Å². The molecule has 5 rings (SSSR count). The maximum atomic E-state index is 12.9. The zero-order chi connectivity index (χ0) is 27.9. The summed E-state index contributed by atoms with van der Waals surface area (Å²) in [5.74, 6) is 7.20. The molecular formula is C30H23N7O3. The Morgan fingerprint density at radius 2 is 1.73 bits per heavy atom. The fourth-order valence-electron chi connectivity index (χ4n) is 3.64. The Labute approximate surface area is 229 Å². The first-order chi connectivity index (χ1) is 19.5. The molecule has 196 valence electrons. The van der Waals surface area contributed by atoms with Crippen molar-refractivity contribution in [2.24, 2.45) is 0 Å². The normalized spacial score (nSPS) is 10.2. The molecule has 5 aromatic rings. The molecule has 2 aromatic carbocycles. The van der Waals surface area contributed by atoms with Crippen molar-refractivity contribution in [3.63, 3.8) is 0 Å². The van der Waals surface area contributed by atoms with Gasteiger partial charge in [-0.3, -0.25) is 24.7 Å². The molecule has 40 heavy (non-hydrogen) atoms. The maximum absolute atomic E-state index is 12.9. The minimum absolute atomic E-state index is 0.253. The largest absolute Gasteiger partial charge is 0.457 e. The molecule has 10 heteroatoms. The number of nitrogens with one attached hydrogen (secondary N) is 3. The van der Waals surface area contributed by atoms with E-state index in [2.05, 4.69) is 47.6 Å². The fourth-order valence-corrected chi connectivity index (χ4v) is 3.64. The first-order valence-electron chi connectivity index (χ1n) is 12.2. The van der Waals surface area contributed by atoms with Crippen molar-refractivity contribution in [2.45, 2.75) is 6.92 Å². The summed E-state index contributed by atoms with van der Waals surface area (Å²) in [6.45, 7) is 1.94. The highest BCUT2D eigenvalue weighted by Crippen LogP contribution is 2.24. The number of anilines is 1. The number of aromatic nitrogens is 5. The van der Waals surface area contributed by atoms with E-state index in [1.807, 2.05) is 19.1 Å². The molecule has 0 aliphatic heterocycles. The standard InChI is InChI=1S/C30H23N7O3/c1-19-3-6-22(15-21(19)7-4-20-5-12-26(33-17-20)28-34-18-35-37-28)29(38)36-23-8-10-24(11-9-23)40-25-13-14-32-27(16-25)30(39)31-2/h3,5-6,8-18H,1-2H3,(H,31,39)(H,36,38)(H,34,35,37). The van der Waals surface area contributed by atoms with Crippen LogP contribution in [-0.2, 0) is 0 Å². The van der Waals surface area contributed by atoms with Crippen molar-refractivity contribution < 1.29 is 14.3 Å². The number of nitrogens with zero attached hydrogens (tertiary/aromatic N) is 4. The van der Waals surface area contributed by atoms with Crippen molar-refractivity contribution >= 4 is 17.5 Å². The summed E-state index contributed by atoms with van der Waals surface area (Å²) in [5.41, 5.74) is 4.40. The Kier molecular flexibility index (Phi) is 7.55. The van der Waals surface area contributed by atoms with Gasteiger partial charge in [0.25, 0.3) is 11.8 Å². The molecule has 0 fully saturated rings. The highest BCUT2D eigenvalue weighted by Gasteiger charge is 2.10. The van der Waals surface area contributed by atoms with Gasteiger partial charge >= 0.3 is 0 Å². The van der Waals surface area contributed by atoms with Gasteiger partial charge in [0.15, 0.2) is 5.82 Å². The highest BCUT2D eigenvalue weighted by atomic mass is 16.5. The number of hydrogen-bond acceptors (Lipinski definition) is 7. The molecule has 0 aliphatic rings. The van der Waals surface area contributed by atoms with Crippen molar-refractivity contribution in [3.05, 3.63) is 113 Å². The summed E-state index contributed by atoms with van der Waals surface area (Å²) in [4.78, 5) is 37.2. The monoisotopic (exact) mass is 529 g/mol. The van der Waals surface area contributed by atoms with E-state index in [0.29, 0.717) is 34.3 Å². The van der Waals surface area contributed by atoms with Crippen LogP contribution in [0, 0.1) is 18.8 Å². The number of ether oxygens (including phenoxy) is 1. The van der Waals surface area contributed by atoms with E-state index < -0.39 is 0 Å². The van der Waals surface area contributed by atoms with Crippen LogP contribution < -0.4 is 15.4 Å². The van der Waals surface area contributed by atoms with Gasteiger partial charge in [0, 0.05) is 47.9 Å². The van der Waals surface area contributed by atoms with Crippen molar-refractivity contribution in [1.29, 1.82) is 0 Å². The van der Waals surface area contributed by atoms with E-state index in [-0.39, 0.29) is 17.5 Å². The summed E-state index contributed by atoms with van der Waals surface area (Å²) < 4.78 is 5.82. The molecule has 0 spiro atoms. The molecule has 0 radical (unpaired) electrons. The van der Waals surface area contributed by atoms with E-state index in [9.17, 15) is 9.59 Å². The van der Waals surface area contributed by atoms with Crippen molar-refractivity contribution in [1.82, 2.24) is 30.5 Å². The summed E-state index contributed by atoms with van der Waals surface area (Å²) in [6.07, 6.45) is 4.66. The summed E-state index contributed by atoms with van der Waals surface area (Å²) in [6, 6.07) is 19.2. The molecule has 0 saturated carbocycles. The number of carbonyl (C=O) groups excluding carboxylic acids is 2. The van der Waals surface area contributed by atoms with E-state index >= 15 is 0 Å². The predicted octanol–water partition coefficient (Wildman–Crippen LogP) is 4.37. The molecule has 0 saturated heterocycles. The van der Waals surface area contributed by atoms with Gasteiger partial charge in [-0.05, 0) is 67.1 Å². The van der Waals surface area contributed by atoms with Crippen LogP contribution in [0.15, 0.2) is 85.5 Å². The van der Waals surface area contributed by atoms with Gasteiger partial charge in [-0.15, -0.1) is 0 Å². The third-order valence-corrected chi connectivity index (χ3v) is 5.79. The van der Waals surface area contributed by atoms with Crippen LogP contribution in [0.1, 0.15) is 37.5 Å². The molecule has 3 aromatic heterocycles. The molecule has 2 amide bonds. The third-order valence-electron chi connectivity index (χ3n) is 5.79. The van der Waals surface area contributed by atoms with E-state index in [4.69, 9.17) is 4.74 Å². The molecule has 3 N–H and O–H groups in total. The average Bonchev–Trinajstić information content (AvgIpc) is 3.53. The Bertz CT molecular complexity index is 1720. The number of aryl methyl sites for hydroxylation is 1. The molecule has 0 unspecified atom stereocenters. The number of benzene rings is 2. The Hall–Kier alpha value is -5.82. The van der Waals surface area contributed by atoms with Crippen LogP contribution in [-0.4, -0.2) is 44.0 Å². The van der Waals surface area contributed by atoms with Crippen molar-refractivity contribution in [3.8, 4) is 34.9 Å². The number of pyridine rings is 2. The van der Waals surface area contributed by atoms with Crippen LogP contribution in [0.25, 0.3) is 11.5 Å². The van der Waals surface area contributed by atoms with Crippen LogP contribution >= 0.6 is 0 Å². The van der Waals surface area contributed by atoms with Crippen LogP contribution in [0.4, 0.5) is 5.69 Å². The lowest BCUT2D eigenvalue weighted by atomic mass is 10.0. The molecule has 0 bridgehead atoms. The Morgan fingerprint density at radius 3 is 2.45 bits per heavy atom. The third kappa shape index (κ3) is 6.17. The van der Waals surface area contributed by atoms with E-state index in [1.165, 1.54) is 19.6 Å². The number of rotatable bonds is 6. The average molecular weight is 530 g/mol. The predicted molar refractivity (Wildman–Crippen MR) is 149 cm³/mol. The van der Waals surface area contributed by atoms with Gasteiger partial charge in [-0.2, -0.15) is 5.10 Å². The minimum Gasteiger partial charge on any atom is -0.457 e. The van der Waals surface area contributed by atoms with Crippen molar-refractivity contribution in [2.75, 3.05) is 12.4 Å². The number of amides is 2. The van der Waals surface area contributed by atoms with Gasteiger partial charge < -0.3 is 15.4 Å². The first kappa shape index (κ1) is 25.8. The molecule has 3 heterocycles. The smallest absolute Gasteiger partial charge is 0.269 e. The highest BCUT2D eigenvalue weighted by molar-refractivity contribution is 6.04. The van der Waals surface area contributed by atoms with Gasteiger partial charge in [-0.1, -0.05) is 17.9 Å². The van der Waals surface area contributed by atoms with Gasteiger partial charge in [0.1, 0.15) is 29.2 Å². The van der Waals surface area contributed by atoms with Crippen LogP contribution in [0.2, 0.25) is 0 Å². The minimum atomic E-state index is -0.302. The molecule has 10 nitrogen and oxygen atoms in total. The van der Waals surface area contributed by atoms with Gasteiger partial charge in [-0.25, -0.2) is 4.98 Å². The van der Waals surface area contributed by atoms with Gasteiger partial charge in [0.2, 0.25) is 0 Å². The van der Waals surface area contributed by atoms with Crippen LogP contribution in [0.5, 0.6) is 11.5 Å². The van der Waals surface area contributed by atoms with E-state index in [1.54, 1.807) is 60.8 Å². The molecule has 0 aliphatic carbocycles. The number of aromatic amines is 1. The quantitative estimate of drug-likeness (QED) is 0.278. The molecular weight excluding hydrogens is 506 g/mol. The Morgan fingerprint density at radius 1 is 0.875 bits per heavy atom.